The van der Waals surface area contributed by atoms with Gasteiger partial charge in [0.15, 0.2) is 5.58 Å². The highest BCUT2D eigenvalue weighted by Gasteiger charge is 2.13. The Labute approximate surface area is 212 Å². The van der Waals surface area contributed by atoms with Crippen LogP contribution in [0.15, 0.2) is 59.0 Å². The van der Waals surface area contributed by atoms with Gasteiger partial charge in [-0.1, -0.05) is 34.8 Å². The van der Waals surface area contributed by atoms with E-state index in [-0.39, 0.29) is 5.91 Å². The fourth-order valence-corrected chi connectivity index (χ4v) is 4.33. The number of nitrogens with zero attached hydrogens (tertiary/aromatic N) is 1. The average Bonchev–Trinajstić information content (AvgIpc) is 3.17. The highest BCUT2D eigenvalue weighted by atomic mass is 127. The molecule has 0 aliphatic carbocycles. The number of carbonyl (C=O) groups excluding carboxylic acids is 1. The Balaban J connectivity index is 1.55. The van der Waals surface area contributed by atoms with E-state index in [4.69, 9.17) is 44.0 Å². The summed E-state index contributed by atoms with van der Waals surface area (Å²) in [5.74, 6) is 0.509. The Bertz CT molecular complexity index is 1370. The first-order valence-electron chi connectivity index (χ1n) is 9.22. The van der Waals surface area contributed by atoms with Gasteiger partial charge in [-0.05, 0) is 77.2 Å². The molecule has 0 radical (unpaired) electrons. The predicted molar refractivity (Wildman–Crippen MR) is 138 cm³/mol. The van der Waals surface area contributed by atoms with Crippen LogP contribution >= 0.6 is 57.4 Å². The number of amides is 1. The molecule has 1 N–H and O–H groups in total. The van der Waals surface area contributed by atoms with Crippen LogP contribution < -0.4 is 10.1 Å². The van der Waals surface area contributed by atoms with E-state index in [9.17, 15) is 4.79 Å². The van der Waals surface area contributed by atoms with Crippen LogP contribution in [0, 0.1) is 3.57 Å². The molecule has 0 aliphatic heterocycles. The predicted octanol–water partition coefficient (Wildman–Crippen LogP) is 7.72. The second kappa shape index (κ2) is 9.70. The van der Waals surface area contributed by atoms with Crippen LogP contribution in [0.1, 0.15) is 5.56 Å². The molecule has 0 saturated carbocycles. The van der Waals surface area contributed by atoms with Crippen molar-refractivity contribution < 1.29 is 13.9 Å². The zero-order valence-electron chi connectivity index (χ0n) is 16.5. The van der Waals surface area contributed by atoms with Gasteiger partial charge in [-0.2, -0.15) is 0 Å². The molecule has 0 atom stereocenters. The Morgan fingerprint density at radius 2 is 1.91 bits per heavy atom. The minimum absolute atomic E-state index is 0.341. The Hall–Kier alpha value is -2.26. The number of nitrogens with one attached hydrogen (secondary N) is 1. The number of oxazole rings is 1. The molecule has 3 aromatic carbocycles. The summed E-state index contributed by atoms with van der Waals surface area (Å²) in [7, 11) is 1.50. The number of fused-ring (bicyclic) bond motifs is 1. The van der Waals surface area contributed by atoms with E-state index in [1.54, 1.807) is 42.5 Å². The molecule has 1 aromatic heterocycles. The van der Waals surface area contributed by atoms with Crippen LogP contribution in [0.3, 0.4) is 0 Å². The van der Waals surface area contributed by atoms with Gasteiger partial charge < -0.3 is 14.5 Å². The molecule has 0 bridgehead atoms. The third kappa shape index (κ3) is 5.04. The molecule has 4 rings (SSSR count). The standard InChI is InChI=1S/C23H14Cl3IN2O3/c1-31-22-12(8-13(24)9-18(22)26)2-7-21(30)28-15-4-6-20-19(11-15)29-23(32-20)16-10-14(27)3-5-17(16)25/h2-11H,1H3,(H,28,30). The number of carbonyl (C=O) groups is 1. The van der Waals surface area contributed by atoms with E-state index in [0.29, 0.717) is 54.6 Å². The van der Waals surface area contributed by atoms with Gasteiger partial charge in [-0.25, -0.2) is 4.98 Å². The van der Waals surface area contributed by atoms with Crippen LogP contribution in [-0.2, 0) is 4.79 Å². The van der Waals surface area contributed by atoms with Gasteiger partial charge in [0.25, 0.3) is 0 Å². The first-order chi connectivity index (χ1) is 15.3. The van der Waals surface area contributed by atoms with Gasteiger partial charge in [0.05, 0.1) is 22.7 Å². The molecule has 0 spiro atoms. The van der Waals surface area contributed by atoms with Crippen LogP contribution in [0.25, 0.3) is 28.6 Å². The van der Waals surface area contributed by atoms with Crippen LogP contribution in [0.2, 0.25) is 15.1 Å². The largest absolute Gasteiger partial charge is 0.495 e. The molecule has 1 heterocycles. The number of halogens is 4. The molecule has 5 nitrogen and oxygen atoms in total. The molecule has 0 fully saturated rings. The van der Waals surface area contributed by atoms with Crippen molar-refractivity contribution in [2.45, 2.75) is 0 Å². The number of rotatable bonds is 5. The molecule has 162 valence electrons. The van der Waals surface area contributed by atoms with E-state index >= 15 is 0 Å². The van der Waals surface area contributed by atoms with Gasteiger partial charge in [-0.3, -0.25) is 4.79 Å². The van der Waals surface area contributed by atoms with Crippen molar-refractivity contribution in [2.75, 3.05) is 12.4 Å². The number of ether oxygens (including phenoxy) is 1. The molecule has 9 heteroatoms. The second-order valence-corrected chi connectivity index (χ2v) is 9.15. The summed E-state index contributed by atoms with van der Waals surface area (Å²) in [5.41, 5.74) is 3.04. The number of anilines is 1. The lowest BCUT2D eigenvalue weighted by molar-refractivity contribution is -0.111. The van der Waals surface area contributed by atoms with Crippen molar-refractivity contribution in [3.63, 3.8) is 0 Å². The lowest BCUT2D eigenvalue weighted by Crippen LogP contribution is -2.07. The van der Waals surface area contributed by atoms with Crippen molar-refractivity contribution in [3.05, 3.63) is 78.8 Å². The zero-order valence-corrected chi connectivity index (χ0v) is 20.9. The highest BCUT2D eigenvalue weighted by Crippen LogP contribution is 2.34. The monoisotopic (exact) mass is 598 g/mol. The van der Waals surface area contributed by atoms with Gasteiger partial charge in [-0.15, -0.1) is 0 Å². The molecule has 1 amide bonds. The summed E-state index contributed by atoms with van der Waals surface area (Å²) in [4.78, 5) is 17.0. The van der Waals surface area contributed by atoms with E-state index < -0.39 is 0 Å². The molecular weight excluding hydrogens is 586 g/mol. The highest BCUT2D eigenvalue weighted by molar-refractivity contribution is 14.1. The first-order valence-corrected chi connectivity index (χ1v) is 11.4. The number of aromatic nitrogens is 1. The summed E-state index contributed by atoms with van der Waals surface area (Å²) in [6.07, 6.45) is 2.95. The Morgan fingerprint density at radius 1 is 1.09 bits per heavy atom. The maximum absolute atomic E-state index is 12.4. The van der Waals surface area contributed by atoms with Crippen molar-refractivity contribution >= 4 is 86.2 Å². The first kappa shape index (κ1) is 22.9. The fourth-order valence-electron chi connectivity index (χ4n) is 3.05. The van der Waals surface area contributed by atoms with E-state index in [1.165, 1.54) is 13.2 Å². The molecule has 0 aliphatic rings. The summed E-state index contributed by atoms with van der Waals surface area (Å²) < 4.78 is 12.1. The lowest BCUT2D eigenvalue weighted by Gasteiger charge is -2.08. The lowest BCUT2D eigenvalue weighted by atomic mass is 10.2. The number of hydrogen-bond acceptors (Lipinski definition) is 4. The van der Waals surface area contributed by atoms with E-state index in [0.717, 1.165) is 3.57 Å². The topological polar surface area (TPSA) is 64.4 Å². The Morgan fingerprint density at radius 3 is 2.69 bits per heavy atom. The average molecular weight is 600 g/mol. The quantitative estimate of drug-likeness (QED) is 0.189. The van der Waals surface area contributed by atoms with Gasteiger partial charge in [0, 0.05) is 25.9 Å². The molecule has 0 unspecified atom stereocenters. The van der Waals surface area contributed by atoms with Gasteiger partial charge in [0.2, 0.25) is 11.8 Å². The summed E-state index contributed by atoms with van der Waals surface area (Å²) in [5, 5.41) is 4.15. The van der Waals surface area contributed by atoms with E-state index in [1.807, 2.05) is 12.1 Å². The summed E-state index contributed by atoms with van der Waals surface area (Å²) in [6.45, 7) is 0. The second-order valence-electron chi connectivity index (χ2n) is 6.66. The maximum atomic E-state index is 12.4. The molecular formula is C23H14Cl3IN2O3. The van der Waals surface area contributed by atoms with Crippen LogP contribution in [-0.4, -0.2) is 18.0 Å². The minimum atomic E-state index is -0.341. The molecule has 32 heavy (non-hydrogen) atoms. The van der Waals surface area contributed by atoms with Gasteiger partial charge >= 0.3 is 0 Å². The Kier molecular flexibility index (Phi) is 6.95. The smallest absolute Gasteiger partial charge is 0.248 e. The van der Waals surface area contributed by atoms with Crippen molar-refractivity contribution in [2.24, 2.45) is 0 Å². The normalized spacial score (nSPS) is 11.3. The van der Waals surface area contributed by atoms with Crippen molar-refractivity contribution in [1.82, 2.24) is 4.98 Å². The van der Waals surface area contributed by atoms with Crippen molar-refractivity contribution in [3.8, 4) is 17.2 Å². The maximum Gasteiger partial charge on any atom is 0.248 e. The van der Waals surface area contributed by atoms with Crippen LogP contribution in [0.4, 0.5) is 5.69 Å². The third-order valence-corrected chi connectivity index (χ3v) is 5.97. The van der Waals surface area contributed by atoms with Crippen molar-refractivity contribution in [1.29, 1.82) is 0 Å². The minimum Gasteiger partial charge on any atom is -0.495 e. The summed E-state index contributed by atoms with van der Waals surface area (Å²) >= 11 is 20.7. The zero-order chi connectivity index (χ0) is 22.8. The van der Waals surface area contributed by atoms with Gasteiger partial charge in [0.1, 0.15) is 11.3 Å². The van der Waals surface area contributed by atoms with Crippen LogP contribution in [0.5, 0.6) is 5.75 Å². The third-order valence-electron chi connectivity index (χ3n) is 4.47. The molecule has 4 aromatic rings. The SMILES string of the molecule is COc1c(Cl)cc(Cl)cc1C=CC(=O)Nc1ccc2oc(-c3cc(I)ccc3Cl)nc2c1. The fraction of sp³-hybridized carbons (Fsp3) is 0.0435. The molecule has 0 saturated heterocycles. The van der Waals surface area contributed by atoms with E-state index in [2.05, 4.69) is 32.9 Å². The number of hydrogen-bond donors (Lipinski definition) is 1. The summed E-state index contributed by atoms with van der Waals surface area (Å²) in [6, 6.07) is 14.0. The number of benzene rings is 3. The number of methoxy groups -OCH3 is 1.